The monoisotopic (exact) mass is 310 g/mol. The molecule has 1 aromatic carbocycles. The van der Waals surface area contributed by atoms with Gasteiger partial charge in [0.1, 0.15) is 29.4 Å². The van der Waals surface area contributed by atoms with Gasteiger partial charge in [0.15, 0.2) is 5.78 Å². The summed E-state index contributed by atoms with van der Waals surface area (Å²) in [7, 11) is 0. The van der Waals surface area contributed by atoms with Crippen molar-refractivity contribution in [3.8, 4) is 23.8 Å². The fourth-order valence-electron chi connectivity index (χ4n) is 1.91. The minimum Gasteiger partial charge on any atom is -0.507 e. The Labute approximate surface area is 132 Å². The van der Waals surface area contributed by atoms with Crippen molar-refractivity contribution in [2.24, 2.45) is 0 Å². The third-order valence-electron chi connectivity index (χ3n) is 2.91. The predicted molar refractivity (Wildman–Crippen MR) is 85.5 cm³/mol. The topological polar surface area (TPSA) is 76.7 Å². The molecule has 0 unspecified atom stereocenters. The molecule has 0 saturated heterocycles. The smallest absolute Gasteiger partial charge is 0.351 e. The zero-order valence-electron chi connectivity index (χ0n) is 12.4. The van der Waals surface area contributed by atoms with Crippen LogP contribution in [-0.2, 0) is 0 Å². The summed E-state index contributed by atoms with van der Waals surface area (Å²) in [5.41, 5.74) is -0.585. The summed E-state index contributed by atoms with van der Waals surface area (Å²) in [6.07, 6.45) is 7.81. The van der Waals surface area contributed by atoms with E-state index in [9.17, 15) is 14.7 Å². The van der Waals surface area contributed by atoms with Crippen LogP contribution in [0, 0.1) is 19.3 Å². The van der Waals surface area contributed by atoms with Crippen LogP contribution in [0.4, 0.5) is 0 Å². The van der Waals surface area contributed by atoms with Gasteiger partial charge >= 0.3 is 5.63 Å². The Bertz CT molecular complexity index is 852. The summed E-state index contributed by atoms with van der Waals surface area (Å²) in [5.74, 6) is 2.10. The van der Waals surface area contributed by atoms with Crippen molar-refractivity contribution in [1.82, 2.24) is 0 Å². The molecule has 0 radical (unpaired) electrons. The van der Waals surface area contributed by atoms with Crippen LogP contribution in [0.25, 0.3) is 6.08 Å². The first-order valence-corrected chi connectivity index (χ1v) is 6.73. The van der Waals surface area contributed by atoms with E-state index in [-0.39, 0.29) is 12.4 Å². The van der Waals surface area contributed by atoms with E-state index in [0.717, 1.165) is 0 Å². The van der Waals surface area contributed by atoms with Crippen molar-refractivity contribution < 1.29 is 19.1 Å². The second-order valence-corrected chi connectivity index (χ2v) is 4.67. The Morgan fingerprint density at radius 2 is 2.22 bits per heavy atom. The van der Waals surface area contributed by atoms with Gasteiger partial charge < -0.3 is 14.3 Å². The van der Waals surface area contributed by atoms with Gasteiger partial charge in [-0.15, -0.1) is 6.42 Å². The number of hydrogen-bond acceptors (Lipinski definition) is 5. The highest BCUT2D eigenvalue weighted by molar-refractivity contribution is 6.08. The van der Waals surface area contributed by atoms with E-state index >= 15 is 0 Å². The first-order chi connectivity index (χ1) is 11.0. The summed E-state index contributed by atoms with van der Waals surface area (Å²) in [6, 6.07) is 8.14. The fourth-order valence-corrected chi connectivity index (χ4v) is 1.91. The van der Waals surface area contributed by atoms with Gasteiger partial charge in [0.2, 0.25) is 0 Å². The number of ether oxygens (including phenoxy) is 1. The molecular weight excluding hydrogens is 296 g/mol. The number of aromatic hydroxyl groups is 1. The van der Waals surface area contributed by atoms with E-state index in [1.54, 1.807) is 24.3 Å². The quantitative estimate of drug-likeness (QED) is 0.522. The maximum absolute atomic E-state index is 12.1. The SMILES string of the molecule is C#CCOc1cccc(C=CC(=O)c2c(O)cc(C)oc2=O)c1. The molecule has 1 heterocycles. The second kappa shape index (κ2) is 7.14. The molecule has 1 aromatic heterocycles. The lowest BCUT2D eigenvalue weighted by atomic mass is 10.1. The fraction of sp³-hybridized carbons (Fsp3) is 0.111. The number of aryl methyl sites for hydroxylation is 1. The van der Waals surface area contributed by atoms with E-state index in [2.05, 4.69) is 5.92 Å². The van der Waals surface area contributed by atoms with E-state index in [1.807, 2.05) is 0 Å². The number of allylic oxidation sites excluding steroid dienone is 1. The largest absolute Gasteiger partial charge is 0.507 e. The molecular formula is C18H14O5. The second-order valence-electron chi connectivity index (χ2n) is 4.67. The molecule has 0 bridgehead atoms. The van der Waals surface area contributed by atoms with Crippen molar-refractivity contribution in [3.63, 3.8) is 0 Å². The van der Waals surface area contributed by atoms with E-state index in [0.29, 0.717) is 11.3 Å². The average Bonchev–Trinajstić information content (AvgIpc) is 2.50. The number of benzene rings is 1. The number of rotatable bonds is 5. The highest BCUT2D eigenvalue weighted by Gasteiger charge is 2.15. The highest BCUT2D eigenvalue weighted by atomic mass is 16.5. The molecule has 0 fully saturated rings. The lowest BCUT2D eigenvalue weighted by molar-refractivity contribution is 0.104. The third-order valence-corrected chi connectivity index (χ3v) is 2.91. The molecule has 0 aliphatic rings. The standard InChI is InChI=1S/C18H14O5/c1-3-9-22-14-6-4-5-13(11-14)7-8-15(19)17-16(20)10-12(2)23-18(17)21/h1,4-8,10-11,20H,9H2,2H3. The van der Waals surface area contributed by atoms with Gasteiger partial charge in [0, 0.05) is 6.07 Å². The zero-order chi connectivity index (χ0) is 16.8. The van der Waals surface area contributed by atoms with Crippen LogP contribution < -0.4 is 10.4 Å². The van der Waals surface area contributed by atoms with Crippen LogP contribution in [0.1, 0.15) is 21.7 Å². The van der Waals surface area contributed by atoms with Crippen LogP contribution in [0.3, 0.4) is 0 Å². The van der Waals surface area contributed by atoms with Gasteiger partial charge in [-0.3, -0.25) is 4.79 Å². The summed E-state index contributed by atoms with van der Waals surface area (Å²) in [5, 5.41) is 9.73. The van der Waals surface area contributed by atoms with Gasteiger partial charge in [0.05, 0.1) is 0 Å². The van der Waals surface area contributed by atoms with Crippen LogP contribution in [0.2, 0.25) is 0 Å². The molecule has 0 aliphatic carbocycles. The third kappa shape index (κ3) is 4.11. The molecule has 5 nitrogen and oxygen atoms in total. The lowest BCUT2D eigenvalue weighted by Gasteiger charge is -2.03. The zero-order valence-corrected chi connectivity index (χ0v) is 12.4. The van der Waals surface area contributed by atoms with Gasteiger partial charge in [-0.2, -0.15) is 0 Å². The highest BCUT2D eigenvalue weighted by Crippen LogP contribution is 2.17. The molecule has 0 amide bonds. The van der Waals surface area contributed by atoms with Gasteiger partial charge in [-0.25, -0.2) is 4.79 Å². The Morgan fingerprint density at radius 1 is 1.43 bits per heavy atom. The number of hydrogen-bond donors (Lipinski definition) is 1. The van der Waals surface area contributed by atoms with Crippen molar-refractivity contribution >= 4 is 11.9 Å². The summed E-state index contributed by atoms with van der Waals surface area (Å²) in [6.45, 7) is 1.65. The minimum atomic E-state index is -0.872. The van der Waals surface area contributed by atoms with Crippen molar-refractivity contribution in [3.05, 3.63) is 63.7 Å². The summed E-state index contributed by atoms with van der Waals surface area (Å²) >= 11 is 0. The van der Waals surface area contributed by atoms with Crippen molar-refractivity contribution in [1.29, 1.82) is 0 Å². The molecule has 116 valence electrons. The molecule has 0 saturated carbocycles. The van der Waals surface area contributed by atoms with Crippen molar-refractivity contribution in [2.45, 2.75) is 6.92 Å². The van der Waals surface area contributed by atoms with Gasteiger partial charge in [-0.1, -0.05) is 24.1 Å². The molecule has 23 heavy (non-hydrogen) atoms. The van der Waals surface area contributed by atoms with Crippen LogP contribution >= 0.6 is 0 Å². The summed E-state index contributed by atoms with van der Waals surface area (Å²) < 4.78 is 10.1. The summed E-state index contributed by atoms with van der Waals surface area (Å²) in [4.78, 5) is 23.7. The first-order valence-electron chi connectivity index (χ1n) is 6.73. The number of carbonyl (C=O) groups is 1. The lowest BCUT2D eigenvalue weighted by Crippen LogP contribution is -2.12. The Hall–Kier alpha value is -3.26. The Morgan fingerprint density at radius 3 is 2.91 bits per heavy atom. The van der Waals surface area contributed by atoms with Crippen molar-refractivity contribution in [2.75, 3.05) is 6.61 Å². The maximum Gasteiger partial charge on any atom is 0.351 e. The Kier molecular flexibility index (Phi) is 5.00. The molecule has 5 heteroatoms. The molecule has 0 aliphatic heterocycles. The van der Waals surface area contributed by atoms with Gasteiger partial charge in [-0.05, 0) is 30.7 Å². The Balaban J connectivity index is 2.22. The molecule has 2 rings (SSSR count). The average molecular weight is 310 g/mol. The maximum atomic E-state index is 12.1. The van der Waals surface area contributed by atoms with E-state index in [1.165, 1.54) is 25.1 Å². The number of terminal acetylenes is 1. The van der Waals surface area contributed by atoms with Crippen LogP contribution in [-0.4, -0.2) is 17.5 Å². The van der Waals surface area contributed by atoms with Crippen LogP contribution in [0.15, 0.2) is 45.6 Å². The minimum absolute atomic E-state index is 0.143. The molecule has 1 N–H and O–H groups in total. The van der Waals surface area contributed by atoms with Crippen LogP contribution in [0.5, 0.6) is 11.5 Å². The molecule has 0 atom stereocenters. The molecule has 2 aromatic rings. The number of carbonyl (C=O) groups excluding carboxylic acids is 1. The molecule has 0 spiro atoms. The number of ketones is 1. The van der Waals surface area contributed by atoms with E-state index < -0.39 is 22.7 Å². The normalized spacial score (nSPS) is 10.4. The predicted octanol–water partition coefficient (Wildman–Crippen LogP) is 2.56. The van der Waals surface area contributed by atoms with E-state index in [4.69, 9.17) is 15.6 Å². The van der Waals surface area contributed by atoms with Gasteiger partial charge in [0.25, 0.3) is 0 Å². The first kappa shape index (κ1) is 16.1.